The molecule has 0 radical (unpaired) electrons. The van der Waals surface area contributed by atoms with Crippen molar-refractivity contribution in [3.63, 3.8) is 0 Å². The molecule has 0 saturated heterocycles. The molecule has 28 heavy (non-hydrogen) atoms. The number of ether oxygens (including phenoxy) is 2. The van der Waals surface area contributed by atoms with Crippen LogP contribution in [-0.4, -0.2) is 44.8 Å². The maximum Gasteiger partial charge on any atom is 0.308 e. The summed E-state index contributed by atoms with van der Waals surface area (Å²) in [5, 5.41) is 6.90. The third-order valence-corrected chi connectivity index (χ3v) is 5.37. The van der Waals surface area contributed by atoms with Crippen molar-refractivity contribution < 1.29 is 14.3 Å². The van der Waals surface area contributed by atoms with Crippen LogP contribution in [0, 0.1) is 5.92 Å². The number of rotatable bonds is 6. The minimum absolute atomic E-state index is 0. The van der Waals surface area contributed by atoms with Gasteiger partial charge in [0.1, 0.15) is 5.75 Å². The molecule has 0 bridgehead atoms. The number of hydrogen-bond donors (Lipinski definition) is 2. The van der Waals surface area contributed by atoms with E-state index < -0.39 is 0 Å². The molecule has 0 aromatic heterocycles. The Kier molecular flexibility index (Phi) is 9.34. The van der Waals surface area contributed by atoms with Gasteiger partial charge in [-0.2, -0.15) is 0 Å². The highest BCUT2D eigenvalue weighted by Crippen LogP contribution is 2.26. The van der Waals surface area contributed by atoms with Crippen molar-refractivity contribution in [2.24, 2.45) is 10.9 Å². The fourth-order valence-electron chi connectivity index (χ4n) is 3.84. The zero-order valence-corrected chi connectivity index (χ0v) is 19.2. The molecule has 2 N–H and O–H groups in total. The first-order valence-corrected chi connectivity index (χ1v) is 10.1. The second kappa shape index (κ2) is 11.5. The van der Waals surface area contributed by atoms with E-state index in [4.69, 9.17) is 9.47 Å². The number of carbonyl (C=O) groups excluding carboxylic acids is 1. The third kappa shape index (κ3) is 6.25. The maximum atomic E-state index is 11.8. The number of esters is 1. The van der Waals surface area contributed by atoms with Gasteiger partial charge >= 0.3 is 5.97 Å². The molecule has 1 aliphatic carbocycles. The topological polar surface area (TPSA) is 72.0 Å². The largest absolute Gasteiger partial charge is 0.493 e. The maximum absolute atomic E-state index is 11.8. The number of hydrogen-bond acceptors (Lipinski definition) is 4. The summed E-state index contributed by atoms with van der Waals surface area (Å²) in [6.07, 6.45) is 5.65. The Balaban J connectivity index is 0.00000280. The highest BCUT2D eigenvalue weighted by atomic mass is 127. The molecule has 1 fully saturated rings. The predicted molar refractivity (Wildman–Crippen MR) is 122 cm³/mol. The zero-order valence-electron chi connectivity index (χ0n) is 16.8. The van der Waals surface area contributed by atoms with E-state index in [9.17, 15) is 4.79 Å². The van der Waals surface area contributed by atoms with Gasteiger partial charge in [0.2, 0.25) is 0 Å². The molecule has 0 atom stereocenters. The van der Waals surface area contributed by atoms with E-state index in [0.717, 1.165) is 63.4 Å². The van der Waals surface area contributed by atoms with Crippen LogP contribution in [0.3, 0.4) is 0 Å². The second-order valence-electron chi connectivity index (χ2n) is 7.23. The molecule has 7 heteroatoms. The molecule has 0 unspecified atom stereocenters. The van der Waals surface area contributed by atoms with E-state index in [2.05, 4.69) is 33.8 Å². The molecule has 1 aromatic carbocycles. The Bertz CT molecular complexity index is 673. The van der Waals surface area contributed by atoms with Crippen molar-refractivity contribution in [2.45, 2.75) is 51.5 Å². The Hall–Kier alpha value is -1.51. The fourth-order valence-corrected chi connectivity index (χ4v) is 3.84. The summed E-state index contributed by atoms with van der Waals surface area (Å²) in [6, 6.07) is 6.82. The molecule has 1 heterocycles. The van der Waals surface area contributed by atoms with E-state index in [-0.39, 0.29) is 35.9 Å². The molecule has 1 aromatic rings. The van der Waals surface area contributed by atoms with E-state index in [1.54, 1.807) is 7.05 Å². The summed E-state index contributed by atoms with van der Waals surface area (Å²) in [7, 11) is 1.80. The van der Waals surface area contributed by atoms with Gasteiger partial charge in [-0.1, -0.05) is 12.1 Å². The lowest BCUT2D eigenvalue weighted by atomic mass is 9.86. The van der Waals surface area contributed by atoms with Crippen LogP contribution in [0.5, 0.6) is 5.75 Å². The minimum Gasteiger partial charge on any atom is -0.493 e. The molecule has 156 valence electrons. The van der Waals surface area contributed by atoms with E-state index in [0.29, 0.717) is 12.6 Å². The van der Waals surface area contributed by atoms with Crippen molar-refractivity contribution in [3.05, 3.63) is 29.3 Å². The first kappa shape index (κ1) is 22.8. The lowest BCUT2D eigenvalue weighted by molar-refractivity contribution is -0.149. The van der Waals surface area contributed by atoms with Gasteiger partial charge < -0.3 is 20.1 Å². The van der Waals surface area contributed by atoms with Crippen LogP contribution in [-0.2, 0) is 22.4 Å². The van der Waals surface area contributed by atoms with Gasteiger partial charge in [0.15, 0.2) is 5.96 Å². The number of guanidine groups is 1. The SMILES string of the molecule is CCOC(=O)C1CCC(NC(=NC)NCCc2ccc3c(c2)CCO3)CC1.I. The Morgan fingerprint density at radius 2 is 2.07 bits per heavy atom. The second-order valence-corrected chi connectivity index (χ2v) is 7.23. The highest BCUT2D eigenvalue weighted by Gasteiger charge is 2.27. The minimum atomic E-state index is -0.0433. The molecule has 0 amide bonds. The highest BCUT2D eigenvalue weighted by molar-refractivity contribution is 14.0. The monoisotopic (exact) mass is 501 g/mol. The van der Waals surface area contributed by atoms with Crippen LogP contribution in [0.25, 0.3) is 0 Å². The molecule has 6 nitrogen and oxygen atoms in total. The van der Waals surface area contributed by atoms with Gasteiger partial charge in [0.05, 0.1) is 19.1 Å². The fraction of sp³-hybridized carbons (Fsp3) is 0.619. The Morgan fingerprint density at radius 1 is 1.29 bits per heavy atom. The smallest absolute Gasteiger partial charge is 0.308 e. The number of nitrogens with one attached hydrogen (secondary N) is 2. The van der Waals surface area contributed by atoms with E-state index >= 15 is 0 Å². The molecule has 1 saturated carbocycles. The number of carbonyl (C=O) groups is 1. The van der Waals surface area contributed by atoms with Gasteiger partial charge in [-0.15, -0.1) is 24.0 Å². The predicted octanol–water partition coefficient (Wildman–Crippen LogP) is 3.07. The summed E-state index contributed by atoms with van der Waals surface area (Å²) in [6.45, 7) is 3.95. The quantitative estimate of drug-likeness (QED) is 0.272. The summed E-state index contributed by atoms with van der Waals surface area (Å²) >= 11 is 0. The normalized spacial score (nSPS) is 21.1. The van der Waals surface area contributed by atoms with Crippen molar-refractivity contribution >= 4 is 35.9 Å². The van der Waals surface area contributed by atoms with Crippen molar-refractivity contribution in [1.29, 1.82) is 0 Å². The van der Waals surface area contributed by atoms with E-state index in [1.165, 1.54) is 11.1 Å². The van der Waals surface area contributed by atoms with Crippen LogP contribution < -0.4 is 15.4 Å². The first-order chi connectivity index (χ1) is 13.2. The van der Waals surface area contributed by atoms with Crippen LogP contribution in [0.4, 0.5) is 0 Å². The lowest BCUT2D eigenvalue weighted by Gasteiger charge is -2.29. The van der Waals surface area contributed by atoms with Crippen molar-refractivity contribution in [2.75, 3.05) is 26.8 Å². The molecule has 2 aliphatic rings. The first-order valence-electron chi connectivity index (χ1n) is 10.1. The zero-order chi connectivity index (χ0) is 19.1. The molecular formula is C21H32IN3O3. The van der Waals surface area contributed by atoms with Crippen molar-refractivity contribution in [3.8, 4) is 5.75 Å². The summed E-state index contributed by atoms with van der Waals surface area (Å²) in [5.74, 6) is 1.88. The number of benzene rings is 1. The Labute approximate surface area is 184 Å². The molecule has 0 spiro atoms. The van der Waals surface area contributed by atoms with Crippen LogP contribution in [0.2, 0.25) is 0 Å². The third-order valence-electron chi connectivity index (χ3n) is 5.37. The van der Waals surface area contributed by atoms with Crippen molar-refractivity contribution in [1.82, 2.24) is 10.6 Å². The Morgan fingerprint density at radius 3 is 2.79 bits per heavy atom. The van der Waals surface area contributed by atoms with Gasteiger partial charge in [-0.05, 0) is 56.2 Å². The summed E-state index contributed by atoms with van der Waals surface area (Å²) < 4.78 is 10.7. The average Bonchev–Trinajstić information content (AvgIpc) is 3.15. The summed E-state index contributed by atoms with van der Waals surface area (Å²) in [4.78, 5) is 16.2. The van der Waals surface area contributed by atoms with Gasteiger partial charge in [0.25, 0.3) is 0 Å². The molecule has 1 aliphatic heterocycles. The number of nitrogens with zero attached hydrogens (tertiary/aromatic N) is 1. The van der Waals surface area contributed by atoms with Crippen LogP contribution in [0.15, 0.2) is 23.2 Å². The molecule has 3 rings (SSSR count). The van der Waals surface area contributed by atoms with Crippen LogP contribution in [0.1, 0.15) is 43.7 Å². The molecular weight excluding hydrogens is 469 g/mol. The van der Waals surface area contributed by atoms with E-state index in [1.807, 2.05) is 6.92 Å². The average molecular weight is 501 g/mol. The van der Waals surface area contributed by atoms with Gasteiger partial charge in [0, 0.05) is 26.1 Å². The number of aliphatic imine (C=N–C) groups is 1. The summed E-state index contributed by atoms with van der Waals surface area (Å²) in [5.41, 5.74) is 2.63. The van der Waals surface area contributed by atoms with Crippen LogP contribution >= 0.6 is 24.0 Å². The number of fused-ring (bicyclic) bond motifs is 1. The van der Waals surface area contributed by atoms with Gasteiger partial charge in [-0.25, -0.2) is 0 Å². The lowest BCUT2D eigenvalue weighted by Crippen LogP contribution is -2.45. The standard InChI is InChI=1S/C21H31N3O3.HI/c1-3-26-20(25)16-5-7-18(8-6-16)24-21(22-2)23-12-10-15-4-9-19-17(14-15)11-13-27-19;/h4,9,14,16,18H,3,5-8,10-13H2,1-2H3,(H2,22,23,24);1H. The van der Waals surface area contributed by atoms with Gasteiger partial charge in [-0.3, -0.25) is 9.79 Å². The number of halogens is 1.